The van der Waals surface area contributed by atoms with Crippen LogP contribution >= 0.6 is 27.5 Å². The summed E-state index contributed by atoms with van der Waals surface area (Å²) in [6.07, 6.45) is 0. The summed E-state index contributed by atoms with van der Waals surface area (Å²) in [4.78, 5) is 20.4. The van der Waals surface area contributed by atoms with Gasteiger partial charge in [-0.15, -0.1) is 0 Å². The van der Waals surface area contributed by atoms with Crippen LogP contribution in [0.4, 0.5) is 0 Å². The van der Waals surface area contributed by atoms with Gasteiger partial charge in [0.05, 0.1) is 0 Å². The molecule has 128 valence electrons. The second-order valence-electron chi connectivity index (χ2n) is 5.06. The minimum atomic E-state index is -0.457. The molecule has 25 heavy (non-hydrogen) atoms. The Morgan fingerprint density at radius 1 is 1.32 bits per heavy atom. The average Bonchev–Trinajstić information content (AvgIpc) is 2.58. The van der Waals surface area contributed by atoms with Gasteiger partial charge < -0.3 is 15.2 Å². The fourth-order valence-electron chi connectivity index (χ4n) is 2.23. The summed E-state index contributed by atoms with van der Waals surface area (Å²) in [6, 6.07) is 10.1. The number of aromatic hydroxyl groups is 1. The fraction of sp³-hybridized carbons (Fsp3) is 0.118. The molecule has 3 rings (SSSR count). The van der Waals surface area contributed by atoms with Crippen LogP contribution in [-0.4, -0.2) is 27.5 Å². The van der Waals surface area contributed by atoms with E-state index >= 15 is 0 Å². The van der Waals surface area contributed by atoms with Crippen LogP contribution in [0.3, 0.4) is 0 Å². The van der Waals surface area contributed by atoms with Gasteiger partial charge in [0, 0.05) is 23.0 Å². The van der Waals surface area contributed by atoms with Crippen molar-refractivity contribution in [2.75, 3.05) is 6.54 Å². The van der Waals surface area contributed by atoms with Crippen molar-refractivity contribution in [3.63, 3.8) is 0 Å². The Kier molecular flexibility index (Phi) is 5.06. The van der Waals surface area contributed by atoms with Crippen molar-refractivity contribution < 1.29 is 14.6 Å². The standard InChI is InChI=1S/C17H13BrClN3O3/c1-2-20-17(24)14-15(23)11-6-7-12(21-13(11)16(18)22-14)25-10-5-3-4-9(19)8-10/h3-8,23H,2H2,1H3,(H,20,24). The summed E-state index contributed by atoms with van der Waals surface area (Å²) in [5.41, 5.74) is 0.316. The average molecular weight is 423 g/mol. The summed E-state index contributed by atoms with van der Waals surface area (Å²) in [5.74, 6) is 0.154. The van der Waals surface area contributed by atoms with Crippen molar-refractivity contribution in [3.05, 3.63) is 51.7 Å². The van der Waals surface area contributed by atoms with E-state index in [2.05, 4.69) is 31.2 Å². The molecule has 0 bridgehead atoms. The highest BCUT2D eigenvalue weighted by atomic mass is 79.9. The zero-order valence-electron chi connectivity index (χ0n) is 13.1. The third-order valence-electron chi connectivity index (χ3n) is 3.33. The SMILES string of the molecule is CCNC(=O)c1nc(Br)c2nc(Oc3cccc(Cl)c3)ccc2c1O. The first-order chi connectivity index (χ1) is 12.0. The second-order valence-corrected chi connectivity index (χ2v) is 6.25. The maximum atomic E-state index is 12.0. The van der Waals surface area contributed by atoms with Gasteiger partial charge in [0.1, 0.15) is 15.9 Å². The lowest BCUT2D eigenvalue weighted by Crippen LogP contribution is -2.24. The Hall–Kier alpha value is -2.38. The third-order valence-corrected chi connectivity index (χ3v) is 4.11. The van der Waals surface area contributed by atoms with E-state index in [1.165, 1.54) is 0 Å². The highest BCUT2D eigenvalue weighted by molar-refractivity contribution is 9.10. The molecule has 2 aromatic heterocycles. The topological polar surface area (TPSA) is 84.3 Å². The molecule has 1 aromatic carbocycles. The molecule has 0 aliphatic heterocycles. The highest BCUT2D eigenvalue weighted by Crippen LogP contribution is 2.33. The first-order valence-corrected chi connectivity index (χ1v) is 8.57. The largest absolute Gasteiger partial charge is 0.505 e. The lowest BCUT2D eigenvalue weighted by Gasteiger charge is -2.10. The number of hydrogen-bond donors (Lipinski definition) is 2. The van der Waals surface area contributed by atoms with Crippen molar-refractivity contribution in [2.45, 2.75) is 6.92 Å². The Morgan fingerprint density at radius 3 is 2.84 bits per heavy atom. The quantitative estimate of drug-likeness (QED) is 0.613. The van der Waals surface area contributed by atoms with Gasteiger partial charge >= 0.3 is 0 Å². The molecule has 1 amide bonds. The molecule has 3 aromatic rings. The molecule has 0 unspecified atom stereocenters. The van der Waals surface area contributed by atoms with E-state index < -0.39 is 5.91 Å². The van der Waals surface area contributed by atoms with Crippen LogP contribution < -0.4 is 10.1 Å². The fourth-order valence-corrected chi connectivity index (χ4v) is 2.89. The molecule has 0 aliphatic carbocycles. The number of rotatable bonds is 4. The summed E-state index contributed by atoms with van der Waals surface area (Å²) in [7, 11) is 0. The first-order valence-electron chi connectivity index (χ1n) is 7.40. The van der Waals surface area contributed by atoms with Crippen molar-refractivity contribution in [1.82, 2.24) is 15.3 Å². The predicted molar refractivity (Wildman–Crippen MR) is 98.4 cm³/mol. The van der Waals surface area contributed by atoms with Gasteiger partial charge in [-0.25, -0.2) is 9.97 Å². The minimum Gasteiger partial charge on any atom is -0.505 e. The zero-order chi connectivity index (χ0) is 18.0. The van der Waals surface area contributed by atoms with Crippen LogP contribution in [0.2, 0.25) is 5.02 Å². The normalized spacial score (nSPS) is 10.7. The van der Waals surface area contributed by atoms with E-state index in [-0.39, 0.29) is 11.4 Å². The molecule has 0 fully saturated rings. The number of nitrogens with one attached hydrogen (secondary N) is 1. The van der Waals surface area contributed by atoms with Crippen LogP contribution in [0.1, 0.15) is 17.4 Å². The monoisotopic (exact) mass is 421 g/mol. The second kappa shape index (κ2) is 7.25. The number of benzene rings is 1. The third kappa shape index (κ3) is 3.67. The van der Waals surface area contributed by atoms with Gasteiger partial charge in [-0.2, -0.15) is 0 Å². The van der Waals surface area contributed by atoms with E-state index in [1.54, 1.807) is 43.3 Å². The Labute approximate surface area is 156 Å². The predicted octanol–water partition coefficient (Wildman–Crippen LogP) is 4.29. The molecule has 2 heterocycles. The van der Waals surface area contributed by atoms with E-state index in [0.717, 1.165) is 0 Å². The molecule has 0 saturated carbocycles. The van der Waals surface area contributed by atoms with Crippen molar-refractivity contribution in [3.8, 4) is 17.4 Å². The zero-order valence-corrected chi connectivity index (χ0v) is 15.4. The minimum absolute atomic E-state index is 0.0634. The highest BCUT2D eigenvalue weighted by Gasteiger charge is 2.19. The molecule has 0 atom stereocenters. The smallest absolute Gasteiger partial charge is 0.273 e. The van der Waals surface area contributed by atoms with Crippen LogP contribution in [0, 0.1) is 0 Å². The lowest BCUT2D eigenvalue weighted by atomic mass is 10.2. The molecule has 2 N–H and O–H groups in total. The number of pyridine rings is 2. The van der Waals surface area contributed by atoms with Crippen molar-refractivity contribution >= 4 is 44.3 Å². The Balaban J connectivity index is 2.02. The molecule has 0 aliphatic rings. The van der Waals surface area contributed by atoms with Gasteiger partial charge in [-0.05, 0) is 47.1 Å². The van der Waals surface area contributed by atoms with Gasteiger partial charge in [0.2, 0.25) is 5.88 Å². The molecular weight excluding hydrogens is 410 g/mol. The van der Waals surface area contributed by atoms with Crippen molar-refractivity contribution in [1.29, 1.82) is 0 Å². The number of ether oxygens (including phenoxy) is 1. The number of fused-ring (bicyclic) bond motifs is 1. The molecular formula is C17H13BrClN3O3. The van der Waals surface area contributed by atoms with E-state index in [1.807, 2.05) is 0 Å². The number of aromatic nitrogens is 2. The van der Waals surface area contributed by atoms with Gasteiger partial charge in [0.25, 0.3) is 5.91 Å². The maximum absolute atomic E-state index is 12.0. The number of hydrogen-bond acceptors (Lipinski definition) is 5. The number of carbonyl (C=O) groups excluding carboxylic acids is 1. The lowest BCUT2D eigenvalue weighted by molar-refractivity contribution is 0.0948. The van der Waals surface area contributed by atoms with Crippen molar-refractivity contribution in [2.24, 2.45) is 0 Å². The van der Waals surface area contributed by atoms with Gasteiger partial charge in [-0.3, -0.25) is 4.79 Å². The molecule has 6 nitrogen and oxygen atoms in total. The molecule has 0 saturated heterocycles. The molecule has 0 radical (unpaired) electrons. The van der Waals surface area contributed by atoms with E-state index in [9.17, 15) is 9.90 Å². The van der Waals surface area contributed by atoms with Gasteiger partial charge in [-0.1, -0.05) is 17.7 Å². The van der Waals surface area contributed by atoms with Gasteiger partial charge in [0.15, 0.2) is 11.4 Å². The summed E-state index contributed by atoms with van der Waals surface area (Å²) in [6.45, 7) is 2.21. The Morgan fingerprint density at radius 2 is 2.12 bits per heavy atom. The van der Waals surface area contributed by atoms with Crippen LogP contribution in [0.25, 0.3) is 10.9 Å². The van der Waals surface area contributed by atoms with Crippen LogP contribution in [0.5, 0.6) is 17.4 Å². The molecule has 8 heteroatoms. The number of carbonyl (C=O) groups is 1. The van der Waals surface area contributed by atoms with E-state index in [4.69, 9.17) is 16.3 Å². The summed E-state index contributed by atoms with van der Waals surface area (Å²) < 4.78 is 6.00. The number of nitrogens with zero attached hydrogens (tertiary/aromatic N) is 2. The van der Waals surface area contributed by atoms with E-state index in [0.29, 0.717) is 38.7 Å². The Bertz CT molecular complexity index is 965. The maximum Gasteiger partial charge on any atom is 0.273 e. The van der Waals surface area contributed by atoms with Crippen LogP contribution in [0.15, 0.2) is 41.0 Å². The van der Waals surface area contributed by atoms with Crippen LogP contribution in [-0.2, 0) is 0 Å². The summed E-state index contributed by atoms with van der Waals surface area (Å²) >= 11 is 9.23. The molecule has 0 spiro atoms. The summed E-state index contributed by atoms with van der Waals surface area (Å²) in [5, 5.41) is 13.9. The first kappa shape index (κ1) is 17.4. The number of halogens is 2. The number of amides is 1.